The minimum Gasteiger partial charge on any atom is -0.481 e. The van der Waals surface area contributed by atoms with Crippen LogP contribution in [-0.2, 0) is 22.4 Å². The number of benzene rings is 2. The van der Waals surface area contributed by atoms with Crippen molar-refractivity contribution in [1.82, 2.24) is 10.3 Å². The molecule has 0 aliphatic rings. The molecule has 1 unspecified atom stereocenters. The van der Waals surface area contributed by atoms with E-state index in [4.69, 9.17) is 5.11 Å². The molecule has 0 saturated heterocycles. The minimum atomic E-state index is -0.841. The van der Waals surface area contributed by atoms with Crippen LogP contribution >= 0.6 is 11.3 Å². The van der Waals surface area contributed by atoms with Gasteiger partial charge >= 0.3 is 12.0 Å². The molecule has 1 aromatic heterocycles. The molecule has 35 heavy (non-hydrogen) atoms. The smallest absolute Gasteiger partial charge is 0.323 e. The summed E-state index contributed by atoms with van der Waals surface area (Å²) in [6.45, 7) is 3.96. The molecular weight excluding hydrogens is 464 g/mol. The number of aromatic nitrogens is 1. The number of hydrogen-bond acceptors (Lipinski definition) is 5. The number of para-hydroxylation sites is 1. The molecule has 0 aliphatic carbocycles. The molecule has 4 N–H and O–H groups in total. The quantitative estimate of drug-likeness (QED) is 0.288. The molecule has 9 heteroatoms. The van der Waals surface area contributed by atoms with Gasteiger partial charge in [0.05, 0.1) is 18.9 Å². The van der Waals surface area contributed by atoms with Gasteiger partial charge < -0.3 is 21.1 Å². The lowest BCUT2D eigenvalue weighted by Crippen LogP contribution is -2.29. The van der Waals surface area contributed by atoms with E-state index in [1.165, 1.54) is 11.3 Å². The van der Waals surface area contributed by atoms with E-state index in [0.29, 0.717) is 12.1 Å². The number of aliphatic carboxylic acids is 1. The average molecular weight is 495 g/mol. The van der Waals surface area contributed by atoms with E-state index in [1.54, 1.807) is 18.3 Å². The Morgan fingerprint density at radius 1 is 1.06 bits per heavy atom. The van der Waals surface area contributed by atoms with Crippen LogP contribution in [0.25, 0.3) is 0 Å². The first-order valence-electron chi connectivity index (χ1n) is 11.5. The van der Waals surface area contributed by atoms with Crippen molar-refractivity contribution in [3.63, 3.8) is 0 Å². The van der Waals surface area contributed by atoms with Gasteiger partial charge in [0.25, 0.3) is 0 Å². The lowest BCUT2D eigenvalue weighted by atomic mass is 10.1. The molecule has 3 rings (SSSR count). The number of nitrogens with zero attached hydrogens (tertiary/aromatic N) is 1. The number of anilines is 2. The predicted molar refractivity (Wildman–Crippen MR) is 138 cm³/mol. The minimum absolute atomic E-state index is 0.0604. The number of amides is 3. The van der Waals surface area contributed by atoms with Gasteiger partial charge in [-0.3, -0.25) is 9.59 Å². The van der Waals surface area contributed by atoms with Crippen molar-refractivity contribution in [1.29, 1.82) is 0 Å². The van der Waals surface area contributed by atoms with Crippen LogP contribution in [0.5, 0.6) is 0 Å². The third-order valence-corrected chi connectivity index (χ3v) is 6.51. The van der Waals surface area contributed by atoms with Crippen LogP contribution in [0.2, 0.25) is 0 Å². The van der Waals surface area contributed by atoms with E-state index in [1.807, 2.05) is 50.2 Å². The van der Waals surface area contributed by atoms with Crippen molar-refractivity contribution in [2.75, 3.05) is 10.6 Å². The van der Waals surface area contributed by atoms with Crippen LogP contribution in [0.4, 0.5) is 16.2 Å². The molecule has 1 heterocycles. The van der Waals surface area contributed by atoms with E-state index in [2.05, 4.69) is 20.9 Å². The third-order valence-electron chi connectivity index (χ3n) is 5.34. The number of aryl methyl sites for hydroxylation is 2. The summed E-state index contributed by atoms with van der Waals surface area (Å²) in [7, 11) is 0. The number of thiazole rings is 1. The Bertz CT molecular complexity index is 1160. The van der Waals surface area contributed by atoms with E-state index in [9.17, 15) is 14.4 Å². The van der Waals surface area contributed by atoms with Crippen molar-refractivity contribution in [2.45, 2.75) is 52.0 Å². The van der Waals surface area contributed by atoms with Gasteiger partial charge in [-0.2, -0.15) is 0 Å². The Morgan fingerprint density at radius 3 is 2.49 bits per heavy atom. The molecule has 8 nitrogen and oxygen atoms in total. The normalized spacial score (nSPS) is 11.5. The second-order valence-corrected chi connectivity index (χ2v) is 9.38. The van der Waals surface area contributed by atoms with Crippen LogP contribution in [-0.4, -0.2) is 28.0 Å². The highest BCUT2D eigenvalue weighted by Gasteiger charge is 2.18. The van der Waals surface area contributed by atoms with Gasteiger partial charge in [-0.1, -0.05) is 43.7 Å². The summed E-state index contributed by atoms with van der Waals surface area (Å²) in [4.78, 5) is 41.1. The maximum atomic E-state index is 12.7. The van der Waals surface area contributed by atoms with E-state index in [-0.39, 0.29) is 30.8 Å². The molecule has 0 aliphatic heterocycles. The topological polar surface area (TPSA) is 120 Å². The summed E-state index contributed by atoms with van der Waals surface area (Å²) in [5.41, 5.74) is 3.17. The van der Waals surface area contributed by atoms with Crippen LogP contribution in [0.1, 0.15) is 53.2 Å². The van der Waals surface area contributed by atoms with E-state index in [0.717, 1.165) is 39.5 Å². The Labute approximate surface area is 208 Å². The summed E-state index contributed by atoms with van der Waals surface area (Å²) in [5.74, 6) is -0.963. The lowest BCUT2D eigenvalue weighted by molar-refractivity contribution is -0.137. The highest BCUT2D eigenvalue weighted by atomic mass is 32.1. The molecular formula is C26H30N4O4S. The first-order chi connectivity index (χ1) is 16.8. The zero-order valence-corrected chi connectivity index (χ0v) is 20.7. The number of urea groups is 1. The predicted octanol–water partition coefficient (Wildman–Crippen LogP) is 5.31. The van der Waals surface area contributed by atoms with Crippen molar-refractivity contribution in [2.24, 2.45) is 0 Å². The Morgan fingerprint density at radius 2 is 1.80 bits per heavy atom. The fraction of sp³-hybridized carbons (Fsp3) is 0.308. The fourth-order valence-electron chi connectivity index (χ4n) is 3.51. The van der Waals surface area contributed by atoms with Gasteiger partial charge in [-0.25, -0.2) is 9.78 Å². The molecule has 184 valence electrons. The number of rotatable bonds is 11. The van der Waals surface area contributed by atoms with Crippen LogP contribution < -0.4 is 16.0 Å². The molecule has 0 saturated carbocycles. The van der Waals surface area contributed by atoms with Crippen LogP contribution in [0.3, 0.4) is 0 Å². The molecule has 3 amide bonds. The number of carboxylic acids is 1. The second kappa shape index (κ2) is 12.7. The molecule has 0 fully saturated rings. The Hall–Kier alpha value is -3.72. The van der Waals surface area contributed by atoms with Crippen molar-refractivity contribution in [3.8, 4) is 0 Å². The van der Waals surface area contributed by atoms with E-state index >= 15 is 0 Å². The van der Waals surface area contributed by atoms with Crippen LogP contribution in [0, 0.1) is 6.92 Å². The van der Waals surface area contributed by atoms with Gasteiger partial charge in [0.1, 0.15) is 5.01 Å². The molecule has 3 aromatic rings. The van der Waals surface area contributed by atoms with Gasteiger partial charge in [0, 0.05) is 22.4 Å². The Balaban J connectivity index is 1.53. The van der Waals surface area contributed by atoms with Crippen molar-refractivity contribution >= 4 is 40.6 Å². The molecule has 1 atom stereocenters. The maximum absolute atomic E-state index is 12.7. The summed E-state index contributed by atoms with van der Waals surface area (Å²) >= 11 is 1.44. The fourth-order valence-corrected chi connectivity index (χ4v) is 4.51. The number of carbonyl (C=O) groups is 3. The zero-order chi connectivity index (χ0) is 25.2. The Kier molecular flexibility index (Phi) is 9.37. The molecule has 0 radical (unpaired) electrons. The first-order valence-corrected chi connectivity index (χ1v) is 12.3. The summed E-state index contributed by atoms with van der Waals surface area (Å²) in [5, 5.41) is 18.3. The highest BCUT2D eigenvalue weighted by molar-refractivity contribution is 7.11. The average Bonchev–Trinajstić information content (AvgIpc) is 3.29. The number of carboxylic acid groups (broad SMARTS) is 1. The first kappa shape index (κ1) is 25.9. The zero-order valence-electron chi connectivity index (χ0n) is 19.8. The molecule has 0 bridgehead atoms. The standard InChI is InChI=1S/C26H30N4O4S/c1-3-6-22(25-27-16-20(35-25)13-14-24(32)33)29-23(31)15-18-9-11-19(12-10-18)28-26(34)30-21-8-5-4-7-17(21)2/h4-5,7-12,16,22H,3,6,13-15H2,1-2H3,(H,29,31)(H,32,33)(H2,28,30,34). The summed E-state index contributed by atoms with van der Waals surface area (Å²) < 4.78 is 0. The SMILES string of the molecule is CCCC(NC(=O)Cc1ccc(NC(=O)Nc2ccccc2C)cc1)c1ncc(CCC(=O)O)s1. The largest absolute Gasteiger partial charge is 0.481 e. The number of nitrogens with one attached hydrogen (secondary N) is 3. The van der Waals surface area contributed by atoms with E-state index < -0.39 is 5.97 Å². The van der Waals surface area contributed by atoms with Gasteiger partial charge in [0.2, 0.25) is 5.91 Å². The molecule has 0 spiro atoms. The summed E-state index contributed by atoms with van der Waals surface area (Å²) in [6, 6.07) is 14.1. The lowest BCUT2D eigenvalue weighted by Gasteiger charge is -2.16. The van der Waals surface area contributed by atoms with Crippen molar-refractivity contribution < 1.29 is 19.5 Å². The summed E-state index contributed by atoms with van der Waals surface area (Å²) in [6.07, 6.45) is 4.01. The maximum Gasteiger partial charge on any atom is 0.323 e. The van der Waals surface area contributed by atoms with Gasteiger partial charge in [-0.05, 0) is 49.1 Å². The third kappa shape index (κ3) is 8.22. The number of hydrogen-bond donors (Lipinski definition) is 4. The monoisotopic (exact) mass is 494 g/mol. The second-order valence-electron chi connectivity index (χ2n) is 8.24. The van der Waals surface area contributed by atoms with Crippen LogP contribution in [0.15, 0.2) is 54.7 Å². The molecule has 2 aromatic carbocycles. The number of carbonyl (C=O) groups excluding carboxylic acids is 2. The van der Waals surface area contributed by atoms with Crippen molar-refractivity contribution in [3.05, 3.63) is 75.7 Å². The highest BCUT2D eigenvalue weighted by Crippen LogP contribution is 2.25. The van der Waals surface area contributed by atoms with Gasteiger partial charge in [0.15, 0.2) is 0 Å². The van der Waals surface area contributed by atoms with Gasteiger partial charge in [-0.15, -0.1) is 11.3 Å².